The summed E-state index contributed by atoms with van der Waals surface area (Å²) in [6, 6.07) is 0. The summed E-state index contributed by atoms with van der Waals surface area (Å²) in [7, 11) is 0. The van der Waals surface area contributed by atoms with Gasteiger partial charge in [0.05, 0.1) is 25.9 Å². The molecule has 6 N–H and O–H groups in total. The lowest BCUT2D eigenvalue weighted by Crippen LogP contribution is -2.47. The number of nitrogens with one attached hydrogen (secondary N) is 2. The van der Waals surface area contributed by atoms with Crippen LogP contribution in [0.1, 0.15) is 78.1 Å². The van der Waals surface area contributed by atoms with Crippen molar-refractivity contribution in [2.75, 3.05) is 26.2 Å². The van der Waals surface area contributed by atoms with Crippen molar-refractivity contribution in [1.29, 1.82) is 0 Å². The summed E-state index contributed by atoms with van der Waals surface area (Å²) < 4.78 is 0. The molecule has 0 saturated carbocycles. The molecule has 0 aliphatic rings. The Labute approximate surface area is 217 Å². The van der Waals surface area contributed by atoms with Crippen LogP contribution in [0.5, 0.6) is 0 Å². The molecule has 0 heterocycles. The monoisotopic (exact) mass is 530 g/mol. The number of carbonyl (C=O) groups is 5. The first kappa shape index (κ1) is 34.0. The van der Waals surface area contributed by atoms with Crippen LogP contribution in [0.2, 0.25) is 0 Å². The number of allylic oxidation sites excluding steroid dienone is 1. The minimum Gasteiger partial charge on any atom is -0.479 e. The SMILES string of the molecule is CCCCCCC/C=C/C(=O)N(O)CCCNC(=O)CC(O)(CC(=O)NCCCN(O)C(C)=O)C(=O)O. The smallest absolute Gasteiger partial charge is 0.336 e. The maximum absolute atomic E-state index is 12.1. The highest BCUT2D eigenvalue weighted by molar-refractivity contribution is 5.91. The van der Waals surface area contributed by atoms with E-state index in [9.17, 15) is 44.6 Å². The van der Waals surface area contributed by atoms with Crippen LogP contribution in [0, 0.1) is 0 Å². The Morgan fingerprint density at radius 1 is 0.811 bits per heavy atom. The summed E-state index contributed by atoms with van der Waals surface area (Å²) in [5.41, 5.74) is -2.64. The summed E-state index contributed by atoms with van der Waals surface area (Å²) >= 11 is 0. The second-order valence-corrected chi connectivity index (χ2v) is 8.81. The van der Waals surface area contributed by atoms with Crippen LogP contribution in [-0.2, 0) is 24.0 Å². The van der Waals surface area contributed by atoms with Crippen molar-refractivity contribution in [3.8, 4) is 0 Å². The van der Waals surface area contributed by atoms with Crippen molar-refractivity contribution >= 4 is 29.6 Å². The van der Waals surface area contributed by atoms with E-state index in [-0.39, 0.29) is 39.0 Å². The molecule has 13 nitrogen and oxygen atoms in total. The van der Waals surface area contributed by atoms with Crippen LogP contribution < -0.4 is 10.6 Å². The molecule has 0 radical (unpaired) electrons. The molecule has 0 saturated heterocycles. The van der Waals surface area contributed by atoms with Crippen molar-refractivity contribution < 1.29 is 44.6 Å². The predicted octanol–water partition coefficient (Wildman–Crippen LogP) is 0.967. The second-order valence-electron chi connectivity index (χ2n) is 8.81. The van der Waals surface area contributed by atoms with Crippen molar-refractivity contribution in [1.82, 2.24) is 20.8 Å². The fourth-order valence-corrected chi connectivity index (χ4v) is 3.19. The number of nitrogens with zero attached hydrogens (tertiary/aromatic N) is 2. The Morgan fingerprint density at radius 3 is 1.81 bits per heavy atom. The van der Waals surface area contributed by atoms with E-state index in [0.29, 0.717) is 10.1 Å². The van der Waals surface area contributed by atoms with Crippen LogP contribution >= 0.6 is 0 Å². The number of hydrogen-bond donors (Lipinski definition) is 6. The van der Waals surface area contributed by atoms with Crippen LogP contribution in [0.25, 0.3) is 0 Å². The Bertz CT molecular complexity index is 775. The lowest BCUT2D eigenvalue weighted by molar-refractivity contribution is -0.164. The highest BCUT2D eigenvalue weighted by atomic mass is 16.5. The first-order chi connectivity index (χ1) is 17.4. The number of hydrogen-bond acceptors (Lipinski definition) is 8. The lowest BCUT2D eigenvalue weighted by atomic mass is 9.94. The van der Waals surface area contributed by atoms with E-state index in [1.807, 2.05) is 0 Å². The van der Waals surface area contributed by atoms with Gasteiger partial charge in [-0.05, 0) is 25.7 Å². The van der Waals surface area contributed by atoms with E-state index in [4.69, 9.17) is 0 Å². The van der Waals surface area contributed by atoms with Crippen molar-refractivity contribution in [2.24, 2.45) is 0 Å². The second kappa shape index (κ2) is 19.1. The Morgan fingerprint density at radius 2 is 1.32 bits per heavy atom. The summed E-state index contributed by atoms with van der Waals surface area (Å²) in [4.78, 5) is 58.3. The van der Waals surface area contributed by atoms with Gasteiger partial charge in [0.25, 0.3) is 5.91 Å². The summed E-state index contributed by atoms with van der Waals surface area (Å²) in [6.45, 7) is 3.18. The van der Waals surface area contributed by atoms with Crippen LogP contribution in [0.3, 0.4) is 0 Å². The zero-order valence-electron chi connectivity index (χ0n) is 21.8. The number of rotatable bonds is 20. The van der Waals surface area contributed by atoms with Gasteiger partial charge in [0.2, 0.25) is 17.7 Å². The van der Waals surface area contributed by atoms with E-state index in [1.165, 1.54) is 12.5 Å². The van der Waals surface area contributed by atoms with E-state index in [2.05, 4.69) is 17.6 Å². The molecular weight excluding hydrogens is 488 g/mol. The van der Waals surface area contributed by atoms with E-state index in [0.717, 1.165) is 39.0 Å². The number of carbonyl (C=O) groups excluding carboxylic acids is 4. The molecular formula is C24H42N4O9. The third-order valence-corrected chi connectivity index (χ3v) is 5.39. The molecule has 0 aliphatic carbocycles. The zero-order valence-corrected chi connectivity index (χ0v) is 21.8. The van der Waals surface area contributed by atoms with Crippen LogP contribution in [-0.4, -0.2) is 92.1 Å². The standard InChI is InChI=1S/C24H42N4O9/c1-3-4-5-6-7-8-9-12-22(32)28(37)16-11-14-26-21(31)18-24(35,23(33)34)17-20(30)25-13-10-15-27(36)19(2)29/h9,12,35-37H,3-8,10-11,13-18H2,1-2H3,(H,25,30)(H,26,31)(H,33,34)/b12-9+. The molecule has 0 aromatic carbocycles. The van der Waals surface area contributed by atoms with Crippen LogP contribution in [0.15, 0.2) is 12.2 Å². The van der Waals surface area contributed by atoms with E-state index < -0.39 is 48.0 Å². The molecule has 4 amide bonds. The topological polar surface area (TPSA) is 197 Å². The number of unbranched alkanes of at least 4 members (excludes halogenated alkanes) is 5. The van der Waals surface area contributed by atoms with E-state index in [1.54, 1.807) is 6.08 Å². The minimum atomic E-state index is -2.64. The first-order valence-electron chi connectivity index (χ1n) is 12.6. The fourth-order valence-electron chi connectivity index (χ4n) is 3.19. The number of carboxylic acid groups (broad SMARTS) is 1. The third-order valence-electron chi connectivity index (χ3n) is 5.39. The highest BCUT2D eigenvalue weighted by Crippen LogP contribution is 2.16. The van der Waals surface area contributed by atoms with Gasteiger partial charge >= 0.3 is 5.97 Å². The summed E-state index contributed by atoms with van der Waals surface area (Å²) in [5, 5.41) is 44.4. The van der Waals surface area contributed by atoms with Gasteiger partial charge in [0.1, 0.15) is 0 Å². The van der Waals surface area contributed by atoms with Crippen molar-refractivity contribution in [3.05, 3.63) is 12.2 Å². The molecule has 0 bridgehead atoms. The molecule has 0 fully saturated rings. The first-order valence-corrected chi connectivity index (χ1v) is 12.6. The molecule has 0 aromatic rings. The summed E-state index contributed by atoms with van der Waals surface area (Å²) in [5.74, 6) is -4.56. The van der Waals surface area contributed by atoms with Gasteiger partial charge in [-0.15, -0.1) is 0 Å². The van der Waals surface area contributed by atoms with Gasteiger partial charge in [-0.25, -0.2) is 14.9 Å². The van der Waals surface area contributed by atoms with Gasteiger partial charge < -0.3 is 20.8 Å². The quantitative estimate of drug-likeness (QED) is 0.0575. The zero-order chi connectivity index (χ0) is 28.3. The normalized spacial score (nSPS) is 12.6. The third kappa shape index (κ3) is 16.4. The van der Waals surface area contributed by atoms with Gasteiger partial charge in [-0.3, -0.25) is 29.6 Å². The Hall–Kier alpha value is -3.03. The maximum atomic E-state index is 12.1. The number of aliphatic carboxylic acids is 1. The minimum absolute atomic E-state index is 0.0000200. The van der Waals surface area contributed by atoms with Crippen molar-refractivity contribution in [3.63, 3.8) is 0 Å². The molecule has 0 spiro atoms. The van der Waals surface area contributed by atoms with Gasteiger partial charge in [-0.2, -0.15) is 0 Å². The average Bonchev–Trinajstić information content (AvgIpc) is 2.83. The van der Waals surface area contributed by atoms with Gasteiger partial charge in [0, 0.05) is 26.1 Å². The molecule has 37 heavy (non-hydrogen) atoms. The number of hydroxylamine groups is 4. The number of aliphatic hydroxyl groups is 1. The van der Waals surface area contributed by atoms with Crippen molar-refractivity contribution in [2.45, 2.75) is 83.7 Å². The molecule has 13 heteroatoms. The Kier molecular flexibility index (Phi) is 17.6. The van der Waals surface area contributed by atoms with E-state index >= 15 is 0 Å². The predicted molar refractivity (Wildman–Crippen MR) is 132 cm³/mol. The Balaban J connectivity index is 4.32. The molecule has 0 aliphatic heterocycles. The van der Waals surface area contributed by atoms with Gasteiger partial charge in [-0.1, -0.05) is 38.7 Å². The molecule has 1 unspecified atom stereocenters. The highest BCUT2D eigenvalue weighted by Gasteiger charge is 2.40. The fraction of sp³-hybridized carbons (Fsp3) is 0.708. The lowest BCUT2D eigenvalue weighted by Gasteiger charge is -2.22. The van der Waals surface area contributed by atoms with Crippen LogP contribution in [0.4, 0.5) is 0 Å². The average molecular weight is 531 g/mol. The largest absolute Gasteiger partial charge is 0.479 e. The summed E-state index contributed by atoms with van der Waals surface area (Å²) in [6.07, 6.45) is 7.88. The molecule has 0 aromatic heterocycles. The van der Waals surface area contributed by atoms with Gasteiger partial charge in [0.15, 0.2) is 5.60 Å². The number of amides is 4. The molecule has 212 valence electrons. The number of carboxylic acids is 1. The molecule has 1 atom stereocenters. The molecule has 0 rings (SSSR count). The maximum Gasteiger partial charge on any atom is 0.336 e.